The summed E-state index contributed by atoms with van der Waals surface area (Å²) in [5, 5.41) is 6.63. The lowest BCUT2D eigenvalue weighted by Gasteiger charge is -2.26. The molecule has 0 saturated carbocycles. The van der Waals surface area contributed by atoms with E-state index in [1.165, 1.54) is 12.1 Å². The molecule has 0 aromatic heterocycles. The smallest absolute Gasteiger partial charge is 0.191 e. The fourth-order valence-corrected chi connectivity index (χ4v) is 2.53. The third-order valence-corrected chi connectivity index (χ3v) is 3.99. The van der Waals surface area contributed by atoms with Gasteiger partial charge in [-0.25, -0.2) is 4.39 Å². The van der Waals surface area contributed by atoms with Gasteiger partial charge in [0.25, 0.3) is 0 Å². The molecule has 2 N–H and O–H groups in total. The Morgan fingerprint density at radius 3 is 2.60 bits per heavy atom. The van der Waals surface area contributed by atoms with Crippen LogP contribution in [0.15, 0.2) is 29.3 Å². The predicted octanol–water partition coefficient (Wildman–Crippen LogP) is 1.48. The molecule has 0 bridgehead atoms. The molecular formula is C18H29FN4O2. The molecule has 1 fully saturated rings. The Labute approximate surface area is 149 Å². The molecule has 0 amide bonds. The van der Waals surface area contributed by atoms with Crippen LogP contribution in [-0.4, -0.2) is 70.5 Å². The molecule has 1 saturated heterocycles. The van der Waals surface area contributed by atoms with E-state index in [-0.39, 0.29) is 5.82 Å². The van der Waals surface area contributed by atoms with Gasteiger partial charge in [-0.05, 0) is 37.1 Å². The molecule has 0 radical (unpaired) electrons. The minimum atomic E-state index is -0.246. The van der Waals surface area contributed by atoms with Gasteiger partial charge in [0.1, 0.15) is 11.6 Å². The molecule has 2 rings (SSSR count). The van der Waals surface area contributed by atoms with Crippen LogP contribution in [0.1, 0.15) is 12.8 Å². The van der Waals surface area contributed by atoms with E-state index in [0.29, 0.717) is 12.4 Å². The van der Waals surface area contributed by atoms with E-state index in [0.717, 1.165) is 64.7 Å². The Kier molecular flexibility index (Phi) is 9.07. The Balaban J connectivity index is 1.48. The van der Waals surface area contributed by atoms with E-state index in [9.17, 15) is 4.39 Å². The number of benzene rings is 1. The third kappa shape index (κ3) is 8.18. The van der Waals surface area contributed by atoms with E-state index >= 15 is 0 Å². The van der Waals surface area contributed by atoms with Gasteiger partial charge in [0.2, 0.25) is 0 Å². The number of hydrogen-bond donors (Lipinski definition) is 2. The Morgan fingerprint density at radius 2 is 1.88 bits per heavy atom. The maximum Gasteiger partial charge on any atom is 0.191 e. The number of nitrogens with one attached hydrogen (secondary N) is 2. The van der Waals surface area contributed by atoms with Gasteiger partial charge in [0.05, 0.1) is 19.8 Å². The summed E-state index contributed by atoms with van der Waals surface area (Å²) in [5.41, 5.74) is 0. The highest BCUT2D eigenvalue weighted by Crippen LogP contribution is 2.11. The van der Waals surface area contributed by atoms with Gasteiger partial charge in [-0.1, -0.05) is 0 Å². The number of rotatable bonds is 9. The first-order valence-electron chi connectivity index (χ1n) is 8.91. The Hall–Kier alpha value is -1.86. The van der Waals surface area contributed by atoms with Gasteiger partial charge in [0, 0.05) is 39.8 Å². The average molecular weight is 352 g/mol. The van der Waals surface area contributed by atoms with Crippen molar-refractivity contribution < 1.29 is 13.9 Å². The summed E-state index contributed by atoms with van der Waals surface area (Å²) in [6.07, 6.45) is 1.90. The summed E-state index contributed by atoms with van der Waals surface area (Å²) in [4.78, 5) is 6.61. The molecular weight excluding hydrogens is 323 g/mol. The molecule has 1 heterocycles. The second-order valence-corrected chi connectivity index (χ2v) is 5.89. The number of unbranched alkanes of at least 4 members (excludes halogenated alkanes) is 1. The van der Waals surface area contributed by atoms with Gasteiger partial charge >= 0.3 is 0 Å². The standard InChI is InChI=1S/C18H29FN4O2/c1-20-18(22-9-10-23-11-14-24-15-12-23)21-8-2-3-13-25-17-6-4-16(19)5-7-17/h4-7H,2-3,8-15H2,1H3,(H2,20,21,22). The number of guanidine groups is 1. The van der Waals surface area contributed by atoms with Gasteiger partial charge in [0.15, 0.2) is 5.96 Å². The molecule has 1 aliphatic heterocycles. The number of nitrogens with zero attached hydrogens (tertiary/aromatic N) is 2. The van der Waals surface area contributed by atoms with Crippen molar-refractivity contribution in [2.75, 3.05) is 59.6 Å². The number of ether oxygens (including phenoxy) is 2. The van der Waals surface area contributed by atoms with Crippen LogP contribution in [0.25, 0.3) is 0 Å². The van der Waals surface area contributed by atoms with Crippen molar-refractivity contribution >= 4 is 5.96 Å². The number of hydrogen-bond acceptors (Lipinski definition) is 4. The molecule has 0 spiro atoms. The molecule has 1 aromatic carbocycles. The van der Waals surface area contributed by atoms with E-state index < -0.39 is 0 Å². The van der Waals surface area contributed by atoms with Crippen molar-refractivity contribution in [3.8, 4) is 5.75 Å². The van der Waals surface area contributed by atoms with Crippen molar-refractivity contribution in [3.63, 3.8) is 0 Å². The van der Waals surface area contributed by atoms with Crippen LogP contribution in [-0.2, 0) is 4.74 Å². The van der Waals surface area contributed by atoms with Crippen LogP contribution in [0.3, 0.4) is 0 Å². The number of aliphatic imine (C=N–C) groups is 1. The summed E-state index contributed by atoms with van der Waals surface area (Å²) >= 11 is 0. The van der Waals surface area contributed by atoms with E-state index in [2.05, 4.69) is 20.5 Å². The van der Waals surface area contributed by atoms with E-state index in [1.54, 1.807) is 19.2 Å². The molecule has 25 heavy (non-hydrogen) atoms. The molecule has 0 unspecified atom stereocenters. The highest BCUT2D eigenvalue weighted by molar-refractivity contribution is 5.79. The van der Waals surface area contributed by atoms with Crippen LogP contribution < -0.4 is 15.4 Å². The monoisotopic (exact) mass is 352 g/mol. The SMILES string of the molecule is CN=C(NCCCCOc1ccc(F)cc1)NCCN1CCOCC1. The maximum absolute atomic E-state index is 12.8. The van der Waals surface area contributed by atoms with Crippen LogP contribution in [0.4, 0.5) is 4.39 Å². The third-order valence-electron chi connectivity index (χ3n) is 3.99. The fraction of sp³-hybridized carbons (Fsp3) is 0.611. The van der Waals surface area contributed by atoms with Gasteiger partial charge in [-0.3, -0.25) is 9.89 Å². The zero-order valence-electron chi connectivity index (χ0n) is 15.0. The lowest BCUT2D eigenvalue weighted by molar-refractivity contribution is 0.0389. The van der Waals surface area contributed by atoms with E-state index in [1.807, 2.05) is 0 Å². The summed E-state index contributed by atoms with van der Waals surface area (Å²) < 4.78 is 23.7. The zero-order valence-corrected chi connectivity index (χ0v) is 15.0. The molecule has 0 aliphatic carbocycles. The van der Waals surface area contributed by atoms with E-state index in [4.69, 9.17) is 9.47 Å². The largest absolute Gasteiger partial charge is 0.494 e. The van der Waals surface area contributed by atoms with Crippen molar-refractivity contribution in [1.82, 2.24) is 15.5 Å². The number of halogens is 1. The molecule has 1 aliphatic rings. The lowest BCUT2D eigenvalue weighted by atomic mass is 10.3. The highest BCUT2D eigenvalue weighted by atomic mass is 19.1. The van der Waals surface area contributed by atoms with Gasteiger partial charge < -0.3 is 20.1 Å². The van der Waals surface area contributed by atoms with Crippen LogP contribution in [0.5, 0.6) is 5.75 Å². The normalized spacial score (nSPS) is 15.8. The average Bonchev–Trinajstić information content (AvgIpc) is 2.65. The highest BCUT2D eigenvalue weighted by Gasteiger charge is 2.09. The van der Waals surface area contributed by atoms with Gasteiger partial charge in [-0.15, -0.1) is 0 Å². The molecule has 1 aromatic rings. The lowest BCUT2D eigenvalue weighted by Crippen LogP contribution is -2.44. The van der Waals surface area contributed by atoms with Crippen LogP contribution in [0, 0.1) is 5.82 Å². The molecule has 7 heteroatoms. The molecule has 140 valence electrons. The second kappa shape index (κ2) is 11.7. The topological polar surface area (TPSA) is 58.1 Å². The second-order valence-electron chi connectivity index (χ2n) is 5.89. The summed E-state index contributed by atoms with van der Waals surface area (Å²) in [6, 6.07) is 6.11. The zero-order chi connectivity index (χ0) is 17.7. The summed E-state index contributed by atoms with van der Waals surface area (Å²) in [6.45, 7) is 6.98. The summed E-state index contributed by atoms with van der Waals surface area (Å²) in [7, 11) is 1.78. The Bertz CT molecular complexity index is 504. The van der Waals surface area contributed by atoms with Crippen molar-refractivity contribution in [2.24, 2.45) is 4.99 Å². The summed E-state index contributed by atoms with van der Waals surface area (Å²) in [5.74, 6) is 1.28. The van der Waals surface area contributed by atoms with Crippen LogP contribution >= 0.6 is 0 Å². The maximum atomic E-state index is 12.8. The Morgan fingerprint density at radius 1 is 1.16 bits per heavy atom. The molecule has 0 atom stereocenters. The van der Waals surface area contributed by atoms with Gasteiger partial charge in [-0.2, -0.15) is 0 Å². The number of morpholine rings is 1. The first-order valence-corrected chi connectivity index (χ1v) is 8.91. The van der Waals surface area contributed by atoms with Crippen molar-refractivity contribution in [2.45, 2.75) is 12.8 Å². The molecule has 6 nitrogen and oxygen atoms in total. The van der Waals surface area contributed by atoms with Crippen molar-refractivity contribution in [3.05, 3.63) is 30.1 Å². The first-order chi connectivity index (χ1) is 12.3. The minimum absolute atomic E-state index is 0.246. The quantitative estimate of drug-likeness (QED) is 0.401. The predicted molar refractivity (Wildman–Crippen MR) is 97.8 cm³/mol. The minimum Gasteiger partial charge on any atom is -0.494 e. The first kappa shape index (κ1) is 19.5. The van der Waals surface area contributed by atoms with Crippen LogP contribution in [0.2, 0.25) is 0 Å². The van der Waals surface area contributed by atoms with Crippen molar-refractivity contribution in [1.29, 1.82) is 0 Å². The fourth-order valence-electron chi connectivity index (χ4n) is 2.53.